The van der Waals surface area contributed by atoms with Gasteiger partial charge in [0.2, 0.25) is 0 Å². The highest BCUT2D eigenvalue weighted by Gasteiger charge is 2.26. The minimum atomic E-state index is 0.509. The van der Waals surface area contributed by atoms with Crippen LogP contribution in [0.25, 0.3) is 0 Å². The van der Waals surface area contributed by atoms with Crippen LogP contribution in [0.5, 0.6) is 0 Å². The molecule has 1 aliphatic heterocycles. The third kappa shape index (κ3) is 1.97. The summed E-state index contributed by atoms with van der Waals surface area (Å²) in [6, 6.07) is 17.8. The lowest BCUT2D eigenvalue weighted by Crippen LogP contribution is -2.43. The Bertz CT molecular complexity index is 591. The van der Waals surface area contributed by atoms with Crippen molar-refractivity contribution in [1.29, 1.82) is 0 Å². The molecule has 2 aromatic rings. The SMILES string of the molecule is Cc1ccccc1N1C[C@H](C)N(C)c2ccccc21. The first kappa shape index (κ1) is 12.1. The third-order valence-electron chi connectivity index (χ3n) is 4.07. The summed E-state index contributed by atoms with van der Waals surface area (Å²) in [5.74, 6) is 0. The van der Waals surface area contributed by atoms with Crippen molar-refractivity contribution in [2.45, 2.75) is 19.9 Å². The van der Waals surface area contributed by atoms with Crippen LogP contribution in [-0.4, -0.2) is 19.6 Å². The molecule has 0 aromatic heterocycles. The van der Waals surface area contributed by atoms with Crippen molar-refractivity contribution < 1.29 is 0 Å². The zero-order valence-electron chi connectivity index (χ0n) is 11.8. The molecule has 1 atom stereocenters. The van der Waals surface area contributed by atoms with Gasteiger partial charge in [-0.05, 0) is 37.6 Å². The number of nitrogens with zero attached hydrogens (tertiary/aromatic N) is 2. The van der Waals surface area contributed by atoms with Crippen LogP contribution >= 0.6 is 0 Å². The van der Waals surface area contributed by atoms with Gasteiger partial charge in [0.15, 0.2) is 0 Å². The molecule has 0 bridgehead atoms. The van der Waals surface area contributed by atoms with Gasteiger partial charge >= 0.3 is 0 Å². The molecule has 0 spiro atoms. The lowest BCUT2D eigenvalue weighted by Gasteiger charge is -2.42. The average molecular weight is 252 g/mol. The van der Waals surface area contributed by atoms with E-state index in [1.807, 2.05) is 0 Å². The molecular formula is C17H20N2. The van der Waals surface area contributed by atoms with Gasteiger partial charge in [0.05, 0.1) is 11.4 Å². The molecule has 0 radical (unpaired) electrons. The number of aryl methyl sites for hydroxylation is 1. The highest BCUT2D eigenvalue weighted by Crippen LogP contribution is 2.39. The Balaban J connectivity index is 2.13. The maximum absolute atomic E-state index is 2.44. The van der Waals surface area contributed by atoms with E-state index >= 15 is 0 Å². The quantitative estimate of drug-likeness (QED) is 0.757. The minimum Gasteiger partial charge on any atom is -0.368 e. The number of benzene rings is 2. The van der Waals surface area contributed by atoms with Crippen LogP contribution in [0.4, 0.5) is 17.1 Å². The van der Waals surface area contributed by atoms with Crippen molar-refractivity contribution in [3.63, 3.8) is 0 Å². The maximum atomic E-state index is 2.44. The summed E-state index contributed by atoms with van der Waals surface area (Å²) < 4.78 is 0. The van der Waals surface area contributed by atoms with Crippen LogP contribution < -0.4 is 9.80 Å². The van der Waals surface area contributed by atoms with Crippen LogP contribution in [0.2, 0.25) is 0 Å². The van der Waals surface area contributed by atoms with Gasteiger partial charge in [-0.3, -0.25) is 0 Å². The van der Waals surface area contributed by atoms with E-state index < -0.39 is 0 Å². The van der Waals surface area contributed by atoms with Crippen molar-refractivity contribution in [3.05, 3.63) is 54.1 Å². The Morgan fingerprint density at radius 3 is 2.16 bits per heavy atom. The van der Waals surface area contributed by atoms with Crippen LogP contribution in [0.3, 0.4) is 0 Å². The summed E-state index contributed by atoms with van der Waals surface area (Å²) in [7, 11) is 2.18. The van der Waals surface area contributed by atoms with E-state index in [1.165, 1.54) is 22.6 Å². The van der Waals surface area contributed by atoms with Crippen LogP contribution in [-0.2, 0) is 0 Å². The van der Waals surface area contributed by atoms with E-state index in [0.29, 0.717) is 6.04 Å². The molecule has 0 aliphatic carbocycles. The van der Waals surface area contributed by atoms with Crippen molar-refractivity contribution >= 4 is 17.1 Å². The molecule has 1 aliphatic rings. The maximum Gasteiger partial charge on any atom is 0.0649 e. The molecule has 3 rings (SSSR count). The molecule has 0 saturated heterocycles. The average Bonchev–Trinajstić information content (AvgIpc) is 2.44. The van der Waals surface area contributed by atoms with E-state index in [4.69, 9.17) is 0 Å². The summed E-state index contributed by atoms with van der Waals surface area (Å²) >= 11 is 0. The second kappa shape index (κ2) is 4.61. The number of rotatable bonds is 1. The smallest absolute Gasteiger partial charge is 0.0649 e. The second-order valence-corrected chi connectivity index (χ2v) is 5.35. The fraction of sp³-hybridized carbons (Fsp3) is 0.294. The normalized spacial score (nSPS) is 18.4. The highest BCUT2D eigenvalue weighted by molar-refractivity contribution is 5.80. The van der Waals surface area contributed by atoms with Gasteiger partial charge < -0.3 is 9.80 Å². The van der Waals surface area contributed by atoms with Crippen molar-refractivity contribution in [3.8, 4) is 0 Å². The van der Waals surface area contributed by atoms with Gasteiger partial charge in [-0.1, -0.05) is 30.3 Å². The van der Waals surface area contributed by atoms with Gasteiger partial charge in [0.1, 0.15) is 0 Å². The van der Waals surface area contributed by atoms with E-state index in [-0.39, 0.29) is 0 Å². The summed E-state index contributed by atoms with van der Waals surface area (Å²) in [5, 5.41) is 0. The fourth-order valence-electron chi connectivity index (χ4n) is 2.81. The summed E-state index contributed by atoms with van der Waals surface area (Å²) in [5.41, 5.74) is 5.26. The van der Waals surface area contributed by atoms with Crippen molar-refractivity contribution in [2.24, 2.45) is 0 Å². The molecule has 1 heterocycles. The summed E-state index contributed by atoms with van der Waals surface area (Å²) in [6.07, 6.45) is 0. The highest BCUT2D eigenvalue weighted by atomic mass is 15.3. The molecule has 19 heavy (non-hydrogen) atoms. The van der Waals surface area contributed by atoms with E-state index in [0.717, 1.165) is 6.54 Å². The first-order valence-electron chi connectivity index (χ1n) is 6.83. The molecule has 0 amide bonds. The van der Waals surface area contributed by atoms with E-state index in [1.54, 1.807) is 0 Å². The van der Waals surface area contributed by atoms with E-state index in [2.05, 4.69) is 79.2 Å². The third-order valence-corrected chi connectivity index (χ3v) is 4.07. The van der Waals surface area contributed by atoms with Crippen LogP contribution in [0.15, 0.2) is 48.5 Å². The Kier molecular flexibility index (Phi) is 2.94. The second-order valence-electron chi connectivity index (χ2n) is 5.35. The standard InChI is InChI=1S/C17H20N2/c1-13-8-4-5-9-15(13)19-12-14(2)18(3)16-10-6-7-11-17(16)19/h4-11,14H,12H2,1-3H3/t14-/m0/s1. The van der Waals surface area contributed by atoms with Gasteiger partial charge in [0, 0.05) is 25.3 Å². The molecule has 0 saturated carbocycles. The molecule has 2 heteroatoms. The molecular weight excluding hydrogens is 232 g/mol. The first-order chi connectivity index (χ1) is 9.18. The zero-order valence-corrected chi connectivity index (χ0v) is 11.8. The molecule has 2 aromatic carbocycles. The molecule has 98 valence electrons. The predicted molar refractivity (Wildman–Crippen MR) is 82.5 cm³/mol. The van der Waals surface area contributed by atoms with Gasteiger partial charge in [0.25, 0.3) is 0 Å². The number of hydrogen-bond donors (Lipinski definition) is 0. The first-order valence-corrected chi connectivity index (χ1v) is 6.83. The molecule has 0 fully saturated rings. The molecule has 0 unspecified atom stereocenters. The van der Waals surface area contributed by atoms with Crippen LogP contribution in [0, 0.1) is 6.92 Å². The van der Waals surface area contributed by atoms with Crippen LogP contribution in [0.1, 0.15) is 12.5 Å². The topological polar surface area (TPSA) is 6.48 Å². The Labute approximate surface area is 115 Å². The van der Waals surface area contributed by atoms with E-state index in [9.17, 15) is 0 Å². The summed E-state index contributed by atoms with van der Waals surface area (Å²) in [6.45, 7) is 5.49. The summed E-state index contributed by atoms with van der Waals surface area (Å²) in [4.78, 5) is 4.80. The monoisotopic (exact) mass is 252 g/mol. The van der Waals surface area contributed by atoms with Gasteiger partial charge in [-0.2, -0.15) is 0 Å². The zero-order chi connectivity index (χ0) is 13.4. The van der Waals surface area contributed by atoms with Crippen molar-refractivity contribution in [1.82, 2.24) is 0 Å². The Morgan fingerprint density at radius 1 is 0.895 bits per heavy atom. The van der Waals surface area contributed by atoms with Crippen molar-refractivity contribution in [2.75, 3.05) is 23.4 Å². The number of likely N-dealkylation sites (N-methyl/N-ethyl adjacent to an activating group) is 1. The number of anilines is 3. The lowest BCUT2D eigenvalue weighted by atomic mass is 10.1. The van der Waals surface area contributed by atoms with Gasteiger partial charge in [-0.15, -0.1) is 0 Å². The molecule has 2 nitrogen and oxygen atoms in total. The largest absolute Gasteiger partial charge is 0.368 e. The number of hydrogen-bond acceptors (Lipinski definition) is 2. The minimum absolute atomic E-state index is 0.509. The molecule has 0 N–H and O–H groups in total. The Morgan fingerprint density at radius 2 is 1.47 bits per heavy atom. The number of para-hydroxylation sites is 3. The number of fused-ring (bicyclic) bond motifs is 1. The predicted octanol–water partition coefficient (Wildman–Crippen LogP) is 3.97. The lowest BCUT2D eigenvalue weighted by molar-refractivity contribution is 0.660. The van der Waals surface area contributed by atoms with Gasteiger partial charge in [-0.25, -0.2) is 0 Å². The Hall–Kier alpha value is -1.96. The fourth-order valence-corrected chi connectivity index (χ4v) is 2.81.